The second kappa shape index (κ2) is 3.52. The van der Waals surface area contributed by atoms with Gasteiger partial charge in [-0.3, -0.25) is 0 Å². The number of hydrogen-bond donors (Lipinski definition) is 2. The molecule has 3 heteroatoms. The van der Waals surface area contributed by atoms with Crippen LogP contribution in [0.1, 0.15) is 25.7 Å². The van der Waals surface area contributed by atoms with E-state index in [4.69, 9.17) is 10.5 Å². The molecule has 0 aromatic carbocycles. The van der Waals surface area contributed by atoms with Gasteiger partial charge in [-0.15, -0.1) is 0 Å². The van der Waals surface area contributed by atoms with Crippen molar-refractivity contribution in [3.63, 3.8) is 0 Å². The van der Waals surface area contributed by atoms with Gasteiger partial charge in [-0.1, -0.05) is 0 Å². The molecular formula is C8H17NO2. The van der Waals surface area contributed by atoms with Crippen LogP contribution in [0.25, 0.3) is 0 Å². The molecule has 1 aliphatic carbocycles. The third-order valence-corrected chi connectivity index (χ3v) is 2.27. The fraction of sp³-hybridized carbons (Fsp3) is 1.00. The van der Waals surface area contributed by atoms with Crippen LogP contribution in [0.4, 0.5) is 0 Å². The van der Waals surface area contributed by atoms with Crippen LogP contribution in [0, 0.1) is 0 Å². The lowest BCUT2D eigenvalue weighted by Crippen LogP contribution is -2.44. The van der Waals surface area contributed by atoms with Crippen molar-refractivity contribution in [2.75, 3.05) is 13.7 Å². The third-order valence-electron chi connectivity index (χ3n) is 2.27. The monoisotopic (exact) mass is 159 g/mol. The first kappa shape index (κ1) is 8.97. The summed E-state index contributed by atoms with van der Waals surface area (Å²) in [6.07, 6.45) is 3.56. The maximum absolute atomic E-state index is 9.84. The molecule has 0 heterocycles. The van der Waals surface area contributed by atoms with Gasteiger partial charge < -0.3 is 15.6 Å². The standard InChI is InChI=1S/C8H17NO2/c1-11-6-8(10)4-2-3-7(9)5-8/h7,10H,2-6,9H2,1H3. The Balaban J connectivity index is 2.41. The largest absolute Gasteiger partial charge is 0.387 e. The molecule has 0 bridgehead atoms. The Morgan fingerprint density at radius 3 is 3.00 bits per heavy atom. The van der Waals surface area contributed by atoms with E-state index < -0.39 is 5.60 Å². The zero-order valence-corrected chi connectivity index (χ0v) is 7.05. The van der Waals surface area contributed by atoms with Gasteiger partial charge in [0, 0.05) is 13.2 Å². The molecule has 3 nitrogen and oxygen atoms in total. The van der Waals surface area contributed by atoms with Crippen molar-refractivity contribution in [2.24, 2.45) is 5.73 Å². The maximum Gasteiger partial charge on any atom is 0.0894 e. The van der Waals surface area contributed by atoms with Gasteiger partial charge in [0.25, 0.3) is 0 Å². The first-order valence-corrected chi connectivity index (χ1v) is 4.13. The Morgan fingerprint density at radius 2 is 2.45 bits per heavy atom. The first-order chi connectivity index (χ1) is 5.16. The van der Waals surface area contributed by atoms with Crippen LogP contribution in [-0.2, 0) is 4.74 Å². The number of methoxy groups -OCH3 is 1. The van der Waals surface area contributed by atoms with Crippen LogP contribution in [0.3, 0.4) is 0 Å². The quantitative estimate of drug-likeness (QED) is 0.608. The second-order valence-corrected chi connectivity index (χ2v) is 3.51. The average molecular weight is 159 g/mol. The highest BCUT2D eigenvalue weighted by Gasteiger charge is 2.32. The Kier molecular flexibility index (Phi) is 2.87. The van der Waals surface area contributed by atoms with E-state index in [2.05, 4.69) is 0 Å². The molecule has 0 saturated heterocycles. The summed E-state index contributed by atoms with van der Waals surface area (Å²) in [5.74, 6) is 0. The van der Waals surface area contributed by atoms with Gasteiger partial charge >= 0.3 is 0 Å². The van der Waals surface area contributed by atoms with E-state index in [1.54, 1.807) is 7.11 Å². The first-order valence-electron chi connectivity index (χ1n) is 4.13. The molecule has 11 heavy (non-hydrogen) atoms. The van der Waals surface area contributed by atoms with Crippen LogP contribution in [0.15, 0.2) is 0 Å². The van der Waals surface area contributed by atoms with E-state index in [0.29, 0.717) is 13.0 Å². The van der Waals surface area contributed by atoms with E-state index in [0.717, 1.165) is 19.3 Å². The van der Waals surface area contributed by atoms with Crippen molar-refractivity contribution in [2.45, 2.75) is 37.3 Å². The molecule has 1 rings (SSSR count). The van der Waals surface area contributed by atoms with Gasteiger partial charge in [-0.2, -0.15) is 0 Å². The molecule has 0 spiro atoms. The predicted octanol–water partition coefficient (Wildman–Crippen LogP) is 0.265. The fourth-order valence-corrected chi connectivity index (χ4v) is 1.79. The molecule has 0 aromatic rings. The topological polar surface area (TPSA) is 55.5 Å². The van der Waals surface area contributed by atoms with Crippen molar-refractivity contribution in [1.82, 2.24) is 0 Å². The van der Waals surface area contributed by atoms with Crippen LogP contribution in [-0.4, -0.2) is 30.5 Å². The minimum Gasteiger partial charge on any atom is -0.387 e. The molecular weight excluding hydrogens is 142 g/mol. The van der Waals surface area contributed by atoms with E-state index >= 15 is 0 Å². The second-order valence-electron chi connectivity index (χ2n) is 3.51. The summed E-state index contributed by atoms with van der Waals surface area (Å²) in [5, 5.41) is 9.84. The number of nitrogens with two attached hydrogens (primary N) is 1. The van der Waals surface area contributed by atoms with E-state index in [9.17, 15) is 5.11 Å². The molecule has 66 valence electrons. The SMILES string of the molecule is COCC1(O)CCCC(N)C1. The predicted molar refractivity (Wildman–Crippen MR) is 43.3 cm³/mol. The fourth-order valence-electron chi connectivity index (χ4n) is 1.79. The van der Waals surface area contributed by atoms with Crippen LogP contribution in [0.5, 0.6) is 0 Å². The van der Waals surface area contributed by atoms with Gasteiger partial charge in [0.15, 0.2) is 0 Å². The number of ether oxygens (including phenoxy) is 1. The van der Waals surface area contributed by atoms with Gasteiger partial charge in [0.1, 0.15) is 0 Å². The molecule has 0 radical (unpaired) electrons. The van der Waals surface area contributed by atoms with Gasteiger partial charge in [0.2, 0.25) is 0 Å². The zero-order valence-electron chi connectivity index (χ0n) is 7.05. The van der Waals surface area contributed by atoms with Crippen LogP contribution in [0.2, 0.25) is 0 Å². The summed E-state index contributed by atoms with van der Waals surface area (Å²) < 4.78 is 4.93. The minimum atomic E-state index is -0.646. The highest BCUT2D eigenvalue weighted by molar-refractivity contribution is 4.87. The lowest BCUT2D eigenvalue weighted by Gasteiger charge is -2.34. The molecule has 0 amide bonds. The average Bonchev–Trinajstić information content (AvgIpc) is 1.86. The van der Waals surface area contributed by atoms with Crippen LogP contribution < -0.4 is 5.73 Å². The Bertz CT molecular complexity index is 125. The normalized spacial score (nSPS) is 39.0. The third kappa shape index (κ3) is 2.43. The summed E-state index contributed by atoms with van der Waals surface area (Å²) in [4.78, 5) is 0. The molecule has 0 aromatic heterocycles. The minimum absolute atomic E-state index is 0.156. The molecule has 1 aliphatic rings. The lowest BCUT2D eigenvalue weighted by atomic mass is 9.83. The van der Waals surface area contributed by atoms with Crippen LogP contribution >= 0.6 is 0 Å². The molecule has 2 unspecified atom stereocenters. The van der Waals surface area contributed by atoms with Crippen molar-refractivity contribution in [1.29, 1.82) is 0 Å². The molecule has 2 atom stereocenters. The van der Waals surface area contributed by atoms with Crippen molar-refractivity contribution < 1.29 is 9.84 Å². The molecule has 1 fully saturated rings. The maximum atomic E-state index is 9.84. The Hall–Kier alpha value is -0.120. The Labute approximate surface area is 67.5 Å². The highest BCUT2D eigenvalue weighted by atomic mass is 16.5. The Morgan fingerprint density at radius 1 is 1.73 bits per heavy atom. The summed E-state index contributed by atoms with van der Waals surface area (Å²) >= 11 is 0. The van der Waals surface area contributed by atoms with Crippen molar-refractivity contribution in [3.8, 4) is 0 Å². The molecule has 0 aliphatic heterocycles. The summed E-state index contributed by atoms with van der Waals surface area (Å²) in [6.45, 7) is 0.417. The number of rotatable bonds is 2. The summed E-state index contributed by atoms with van der Waals surface area (Å²) in [7, 11) is 1.61. The molecule has 3 N–H and O–H groups in total. The van der Waals surface area contributed by atoms with Gasteiger partial charge in [-0.05, 0) is 25.7 Å². The van der Waals surface area contributed by atoms with E-state index in [1.165, 1.54) is 0 Å². The summed E-state index contributed by atoms with van der Waals surface area (Å²) in [5.41, 5.74) is 5.08. The smallest absolute Gasteiger partial charge is 0.0894 e. The molecule has 1 saturated carbocycles. The van der Waals surface area contributed by atoms with Crippen molar-refractivity contribution in [3.05, 3.63) is 0 Å². The van der Waals surface area contributed by atoms with Gasteiger partial charge in [-0.25, -0.2) is 0 Å². The van der Waals surface area contributed by atoms with Crippen molar-refractivity contribution >= 4 is 0 Å². The number of aliphatic hydroxyl groups is 1. The highest BCUT2D eigenvalue weighted by Crippen LogP contribution is 2.27. The number of hydrogen-bond acceptors (Lipinski definition) is 3. The summed E-state index contributed by atoms with van der Waals surface area (Å²) in [6, 6.07) is 0.156. The van der Waals surface area contributed by atoms with Gasteiger partial charge in [0.05, 0.1) is 12.2 Å². The van der Waals surface area contributed by atoms with E-state index in [1.807, 2.05) is 0 Å². The zero-order chi connectivity index (χ0) is 8.32. The van der Waals surface area contributed by atoms with E-state index in [-0.39, 0.29) is 6.04 Å². The lowest BCUT2D eigenvalue weighted by molar-refractivity contribution is -0.0598.